The first kappa shape index (κ1) is 14.3. The number of halogens is 3. The zero-order valence-corrected chi connectivity index (χ0v) is 11.1. The summed E-state index contributed by atoms with van der Waals surface area (Å²) in [6, 6.07) is 0.917. The Morgan fingerprint density at radius 2 is 2.10 bits per heavy atom. The van der Waals surface area contributed by atoms with Gasteiger partial charge in [0.25, 0.3) is 0 Å². The van der Waals surface area contributed by atoms with Crippen molar-refractivity contribution in [1.29, 1.82) is 0 Å². The summed E-state index contributed by atoms with van der Waals surface area (Å²) in [6.07, 6.45) is -0.779. The van der Waals surface area contributed by atoms with Crippen molar-refractivity contribution in [2.24, 2.45) is 0 Å². The molecule has 0 fully saturated rings. The molecule has 0 aromatic carbocycles. The third-order valence-electron chi connectivity index (χ3n) is 2.57. The van der Waals surface area contributed by atoms with Crippen LogP contribution >= 0.6 is 0 Å². The van der Waals surface area contributed by atoms with Crippen LogP contribution in [0, 0.1) is 6.92 Å². The first-order chi connectivity index (χ1) is 9.41. The molecule has 5 nitrogen and oxygen atoms in total. The van der Waals surface area contributed by atoms with Gasteiger partial charge < -0.3 is 5.32 Å². The highest BCUT2D eigenvalue weighted by molar-refractivity contribution is 5.37. The molecule has 0 unspecified atom stereocenters. The summed E-state index contributed by atoms with van der Waals surface area (Å²) < 4.78 is 38.7. The molecule has 0 saturated heterocycles. The summed E-state index contributed by atoms with van der Waals surface area (Å²) in [5, 5.41) is 6.49. The van der Waals surface area contributed by atoms with Gasteiger partial charge in [0.2, 0.25) is 5.95 Å². The van der Waals surface area contributed by atoms with E-state index in [1.165, 1.54) is 6.20 Å². The van der Waals surface area contributed by atoms with Gasteiger partial charge in [-0.05, 0) is 19.4 Å². The molecule has 0 aliphatic carbocycles. The van der Waals surface area contributed by atoms with Gasteiger partial charge in [-0.2, -0.15) is 23.3 Å². The third kappa shape index (κ3) is 3.06. The van der Waals surface area contributed by atoms with Crippen LogP contribution in [-0.2, 0) is 6.18 Å². The summed E-state index contributed by atoms with van der Waals surface area (Å²) in [6.45, 7) is 4.40. The Balaban J connectivity index is 2.34. The fourth-order valence-corrected chi connectivity index (χ4v) is 1.58. The zero-order chi connectivity index (χ0) is 14.8. The van der Waals surface area contributed by atoms with Crippen LogP contribution < -0.4 is 5.32 Å². The van der Waals surface area contributed by atoms with E-state index >= 15 is 0 Å². The highest BCUT2D eigenvalue weighted by Gasteiger charge is 2.33. The number of nitrogens with one attached hydrogen (secondary N) is 1. The Morgan fingerprint density at radius 1 is 1.35 bits per heavy atom. The van der Waals surface area contributed by atoms with E-state index in [2.05, 4.69) is 20.4 Å². The van der Waals surface area contributed by atoms with Crippen molar-refractivity contribution in [2.75, 3.05) is 11.9 Å². The number of nitrogens with zero attached hydrogens (tertiary/aromatic N) is 4. The summed E-state index contributed by atoms with van der Waals surface area (Å²) in [7, 11) is 0. The number of anilines is 1. The van der Waals surface area contributed by atoms with Crippen LogP contribution in [0.2, 0.25) is 0 Å². The molecular weight excluding hydrogens is 271 g/mol. The van der Waals surface area contributed by atoms with Crippen molar-refractivity contribution in [2.45, 2.75) is 26.4 Å². The largest absolute Gasteiger partial charge is 0.435 e. The fraction of sp³-hybridized carbons (Fsp3) is 0.417. The molecule has 108 valence electrons. The van der Waals surface area contributed by atoms with E-state index in [0.717, 1.165) is 17.2 Å². The molecule has 2 aromatic heterocycles. The van der Waals surface area contributed by atoms with Crippen LogP contribution in [0.3, 0.4) is 0 Å². The van der Waals surface area contributed by atoms with E-state index in [0.29, 0.717) is 23.9 Å². The lowest BCUT2D eigenvalue weighted by atomic mass is 10.3. The number of rotatable bonds is 4. The standard InChI is InChI=1S/C12H14F3N5/c1-3-5-16-11-17-7-8(2)10(18-11)20-6-4-9(19-20)12(13,14)15/h4,6-7H,3,5H2,1-2H3,(H,16,17,18). The number of hydrogen-bond donors (Lipinski definition) is 1. The summed E-state index contributed by atoms with van der Waals surface area (Å²) in [5.74, 6) is 0.700. The van der Waals surface area contributed by atoms with E-state index in [-0.39, 0.29) is 0 Å². The minimum absolute atomic E-state index is 0.328. The van der Waals surface area contributed by atoms with Gasteiger partial charge in [-0.15, -0.1) is 0 Å². The van der Waals surface area contributed by atoms with Crippen molar-refractivity contribution in [3.8, 4) is 5.82 Å². The molecule has 0 radical (unpaired) electrons. The predicted molar refractivity (Wildman–Crippen MR) is 67.7 cm³/mol. The quantitative estimate of drug-likeness (QED) is 0.938. The minimum Gasteiger partial charge on any atom is -0.354 e. The maximum atomic E-state index is 12.5. The summed E-state index contributed by atoms with van der Waals surface area (Å²) in [5.41, 5.74) is -0.303. The molecule has 0 saturated carbocycles. The van der Waals surface area contributed by atoms with Crippen LogP contribution in [0.25, 0.3) is 5.82 Å². The van der Waals surface area contributed by atoms with Crippen LogP contribution in [0.15, 0.2) is 18.5 Å². The third-order valence-corrected chi connectivity index (χ3v) is 2.57. The van der Waals surface area contributed by atoms with E-state index < -0.39 is 11.9 Å². The van der Waals surface area contributed by atoms with Gasteiger partial charge in [0.05, 0.1) is 0 Å². The van der Waals surface area contributed by atoms with Crippen LogP contribution in [0.4, 0.5) is 19.1 Å². The topological polar surface area (TPSA) is 55.6 Å². The highest BCUT2D eigenvalue weighted by atomic mass is 19.4. The first-order valence-electron chi connectivity index (χ1n) is 6.12. The van der Waals surface area contributed by atoms with Crippen LogP contribution in [0.5, 0.6) is 0 Å². The normalized spacial score (nSPS) is 11.7. The van der Waals surface area contributed by atoms with E-state index in [1.807, 2.05) is 6.92 Å². The minimum atomic E-state index is -4.46. The highest BCUT2D eigenvalue weighted by Crippen LogP contribution is 2.28. The van der Waals surface area contributed by atoms with Gasteiger partial charge in [0.1, 0.15) is 0 Å². The second-order valence-corrected chi connectivity index (χ2v) is 4.27. The monoisotopic (exact) mass is 285 g/mol. The van der Waals surface area contributed by atoms with Crippen molar-refractivity contribution in [3.05, 3.63) is 29.7 Å². The Kier molecular flexibility index (Phi) is 3.91. The van der Waals surface area contributed by atoms with E-state index in [4.69, 9.17) is 0 Å². The van der Waals surface area contributed by atoms with Crippen molar-refractivity contribution >= 4 is 5.95 Å². The molecule has 0 aliphatic heterocycles. The van der Waals surface area contributed by atoms with Crippen LogP contribution in [0.1, 0.15) is 24.6 Å². The number of aromatic nitrogens is 4. The molecule has 2 aromatic rings. The maximum absolute atomic E-state index is 12.5. The molecule has 2 rings (SSSR count). The average Bonchev–Trinajstić information content (AvgIpc) is 2.87. The van der Waals surface area contributed by atoms with Gasteiger partial charge in [-0.1, -0.05) is 6.92 Å². The van der Waals surface area contributed by atoms with Gasteiger partial charge >= 0.3 is 6.18 Å². The summed E-state index contributed by atoms with van der Waals surface area (Å²) in [4.78, 5) is 8.26. The average molecular weight is 285 g/mol. The molecule has 1 N–H and O–H groups in total. The van der Waals surface area contributed by atoms with E-state index in [1.54, 1.807) is 13.1 Å². The Hall–Kier alpha value is -2.12. The Labute approximate surface area is 113 Å². The first-order valence-corrected chi connectivity index (χ1v) is 6.12. The smallest absolute Gasteiger partial charge is 0.354 e. The number of aryl methyl sites for hydroxylation is 1. The SMILES string of the molecule is CCCNc1ncc(C)c(-n2ccc(C(F)(F)F)n2)n1. The Morgan fingerprint density at radius 3 is 2.70 bits per heavy atom. The molecule has 0 amide bonds. The van der Waals surface area contributed by atoms with Gasteiger partial charge in [0.15, 0.2) is 11.5 Å². The van der Waals surface area contributed by atoms with Gasteiger partial charge in [0, 0.05) is 24.5 Å². The molecule has 2 heterocycles. The van der Waals surface area contributed by atoms with Crippen molar-refractivity contribution in [3.63, 3.8) is 0 Å². The number of alkyl halides is 3. The second-order valence-electron chi connectivity index (χ2n) is 4.27. The maximum Gasteiger partial charge on any atom is 0.435 e. The molecule has 0 spiro atoms. The molecule has 0 atom stereocenters. The lowest BCUT2D eigenvalue weighted by Crippen LogP contribution is -2.11. The van der Waals surface area contributed by atoms with E-state index in [9.17, 15) is 13.2 Å². The zero-order valence-electron chi connectivity index (χ0n) is 11.1. The van der Waals surface area contributed by atoms with Gasteiger partial charge in [-0.3, -0.25) is 0 Å². The van der Waals surface area contributed by atoms with Crippen molar-refractivity contribution in [1.82, 2.24) is 19.7 Å². The number of hydrogen-bond acceptors (Lipinski definition) is 4. The molecule has 20 heavy (non-hydrogen) atoms. The molecule has 0 bridgehead atoms. The lowest BCUT2D eigenvalue weighted by Gasteiger charge is -2.08. The molecule has 8 heteroatoms. The predicted octanol–water partition coefficient (Wildman–Crippen LogP) is 2.81. The van der Waals surface area contributed by atoms with Crippen molar-refractivity contribution < 1.29 is 13.2 Å². The second kappa shape index (κ2) is 5.48. The Bertz CT molecular complexity index is 591. The molecule has 0 aliphatic rings. The van der Waals surface area contributed by atoms with Crippen LogP contribution in [-0.4, -0.2) is 26.3 Å². The lowest BCUT2D eigenvalue weighted by molar-refractivity contribution is -0.141. The van der Waals surface area contributed by atoms with Gasteiger partial charge in [-0.25, -0.2) is 9.67 Å². The fourth-order valence-electron chi connectivity index (χ4n) is 1.58. The summed E-state index contributed by atoms with van der Waals surface area (Å²) >= 11 is 0. The molecular formula is C12H14F3N5.